The molecule has 0 aliphatic carbocycles. The van der Waals surface area contributed by atoms with E-state index in [-0.39, 0.29) is 29.7 Å². The topological polar surface area (TPSA) is 97.2 Å². The van der Waals surface area contributed by atoms with Gasteiger partial charge in [-0.15, -0.1) is 0 Å². The van der Waals surface area contributed by atoms with Gasteiger partial charge in [0.05, 0.1) is 28.2 Å². The molecule has 1 N–H and O–H groups in total. The fourth-order valence-corrected chi connectivity index (χ4v) is 4.29. The van der Waals surface area contributed by atoms with E-state index in [9.17, 15) is 14.4 Å². The first kappa shape index (κ1) is 22.6. The van der Waals surface area contributed by atoms with Crippen LogP contribution in [0.3, 0.4) is 0 Å². The Balaban J connectivity index is 1.27. The van der Waals surface area contributed by atoms with E-state index in [0.717, 1.165) is 23.3 Å². The van der Waals surface area contributed by atoms with Gasteiger partial charge in [0.25, 0.3) is 11.8 Å². The van der Waals surface area contributed by atoms with Crippen molar-refractivity contribution < 1.29 is 14.4 Å². The number of amides is 3. The summed E-state index contributed by atoms with van der Waals surface area (Å²) in [7, 11) is 1.97. The first-order chi connectivity index (χ1) is 15.9. The van der Waals surface area contributed by atoms with Crippen molar-refractivity contribution in [1.82, 2.24) is 24.8 Å². The fourth-order valence-electron chi connectivity index (χ4n) is 4.29. The number of hydrogen-bond acceptors (Lipinski definition) is 5. The van der Waals surface area contributed by atoms with Gasteiger partial charge in [0, 0.05) is 32.4 Å². The highest BCUT2D eigenvalue weighted by Crippen LogP contribution is 2.25. The Bertz CT molecular complexity index is 1160. The minimum Gasteiger partial charge on any atom is -0.346 e. The molecular formula is C25H29N5O3. The van der Waals surface area contributed by atoms with Crippen molar-refractivity contribution in [2.24, 2.45) is 13.0 Å². The summed E-state index contributed by atoms with van der Waals surface area (Å²) in [5, 5.41) is 3.14. The number of hydrogen-bond donors (Lipinski definition) is 1. The number of aryl methyl sites for hydroxylation is 1. The molecule has 3 amide bonds. The number of unbranched alkanes of at least 4 members (excludes halogenated alkanes) is 2. The summed E-state index contributed by atoms with van der Waals surface area (Å²) in [5.74, 6) is 0.459. The molecule has 2 aromatic heterocycles. The number of benzene rings is 1. The molecule has 1 aliphatic rings. The van der Waals surface area contributed by atoms with Crippen LogP contribution in [0, 0.1) is 5.92 Å². The number of nitrogens with zero attached hydrogens (tertiary/aromatic N) is 4. The second kappa shape index (κ2) is 9.52. The van der Waals surface area contributed by atoms with Gasteiger partial charge in [0.1, 0.15) is 5.82 Å². The largest absolute Gasteiger partial charge is 0.346 e. The molecule has 3 heterocycles. The van der Waals surface area contributed by atoms with Gasteiger partial charge < -0.3 is 9.88 Å². The third-order valence-corrected chi connectivity index (χ3v) is 6.14. The third kappa shape index (κ3) is 4.51. The maximum atomic E-state index is 12.7. The zero-order valence-electron chi connectivity index (χ0n) is 19.2. The number of fused-ring (bicyclic) bond motifs is 2. The van der Waals surface area contributed by atoms with Crippen molar-refractivity contribution in [3.63, 3.8) is 0 Å². The zero-order valence-corrected chi connectivity index (χ0v) is 19.2. The average molecular weight is 448 g/mol. The highest BCUT2D eigenvalue weighted by molar-refractivity contribution is 6.21. The molecule has 0 spiro atoms. The van der Waals surface area contributed by atoms with E-state index in [4.69, 9.17) is 4.98 Å². The molecule has 0 fully saturated rings. The van der Waals surface area contributed by atoms with Crippen LogP contribution in [-0.4, -0.2) is 43.7 Å². The number of para-hydroxylation sites is 2. The Morgan fingerprint density at radius 2 is 1.79 bits per heavy atom. The van der Waals surface area contributed by atoms with Crippen LogP contribution in [0.25, 0.3) is 11.0 Å². The van der Waals surface area contributed by atoms with E-state index in [1.54, 1.807) is 6.07 Å². The van der Waals surface area contributed by atoms with Gasteiger partial charge in [-0.05, 0) is 37.0 Å². The van der Waals surface area contributed by atoms with Crippen molar-refractivity contribution in [2.45, 2.75) is 45.6 Å². The number of rotatable bonds is 9. The Labute approximate surface area is 193 Å². The van der Waals surface area contributed by atoms with Crippen LogP contribution in [0.5, 0.6) is 0 Å². The van der Waals surface area contributed by atoms with Crippen molar-refractivity contribution in [3.8, 4) is 0 Å². The number of nitrogens with one attached hydrogen (secondary N) is 1. The van der Waals surface area contributed by atoms with E-state index in [1.807, 2.05) is 35.9 Å². The third-order valence-electron chi connectivity index (χ3n) is 6.14. The van der Waals surface area contributed by atoms with Gasteiger partial charge in [0.2, 0.25) is 5.91 Å². The van der Waals surface area contributed by atoms with Gasteiger partial charge >= 0.3 is 0 Å². The highest BCUT2D eigenvalue weighted by Gasteiger charge is 2.34. The van der Waals surface area contributed by atoms with Crippen LogP contribution in [-0.2, 0) is 11.8 Å². The van der Waals surface area contributed by atoms with Crippen LogP contribution in [0.15, 0.2) is 42.7 Å². The molecular weight excluding hydrogens is 418 g/mol. The van der Waals surface area contributed by atoms with Crippen molar-refractivity contribution >= 4 is 28.8 Å². The number of carbonyl (C=O) groups excluding carboxylic acids is 3. The lowest BCUT2D eigenvalue weighted by molar-refractivity contribution is -0.122. The minimum absolute atomic E-state index is 0.0208. The monoisotopic (exact) mass is 447 g/mol. The summed E-state index contributed by atoms with van der Waals surface area (Å²) in [6, 6.07) is 9.34. The number of imidazole rings is 1. The van der Waals surface area contributed by atoms with E-state index < -0.39 is 0 Å². The second-order valence-electron chi connectivity index (χ2n) is 8.80. The summed E-state index contributed by atoms with van der Waals surface area (Å²) in [4.78, 5) is 47.4. The smallest absolute Gasteiger partial charge is 0.263 e. The Hall–Kier alpha value is -3.55. The Morgan fingerprint density at radius 3 is 2.52 bits per heavy atom. The lowest BCUT2D eigenvalue weighted by Gasteiger charge is -2.22. The van der Waals surface area contributed by atoms with Gasteiger partial charge in [-0.3, -0.25) is 24.3 Å². The predicted octanol–water partition coefficient (Wildman–Crippen LogP) is 3.64. The van der Waals surface area contributed by atoms with Crippen molar-refractivity contribution in [2.75, 3.05) is 6.54 Å². The van der Waals surface area contributed by atoms with Gasteiger partial charge in [-0.1, -0.05) is 32.4 Å². The molecule has 0 unspecified atom stereocenters. The molecule has 1 aromatic carbocycles. The summed E-state index contributed by atoms with van der Waals surface area (Å²) in [6.45, 7) is 4.49. The number of carbonyl (C=O) groups is 3. The first-order valence-electron chi connectivity index (χ1n) is 11.4. The summed E-state index contributed by atoms with van der Waals surface area (Å²) >= 11 is 0. The standard InChI is InChI=1S/C25H29N5O3/c1-16(2)22(23-27-19-9-6-7-10-20(19)29(23)3)28-21(31)11-5-4-8-14-30-24(32)17-12-13-26-15-18(17)25(30)33/h6-7,9-10,12-13,15-16,22H,4-5,8,11,14H2,1-3H3,(H,28,31)/t22-/m0/s1. The molecule has 0 saturated heterocycles. The summed E-state index contributed by atoms with van der Waals surface area (Å²) in [6.07, 6.45) is 5.44. The van der Waals surface area contributed by atoms with E-state index in [0.29, 0.717) is 36.9 Å². The van der Waals surface area contributed by atoms with Crippen LogP contribution >= 0.6 is 0 Å². The Kier molecular flexibility index (Phi) is 6.53. The van der Waals surface area contributed by atoms with Crippen molar-refractivity contribution in [1.29, 1.82) is 0 Å². The first-order valence-corrected chi connectivity index (χ1v) is 11.4. The van der Waals surface area contributed by atoms with Crippen LogP contribution < -0.4 is 5.32 Å². The number of aromatic nitrogens is 3. The van der Waals surface area contributed by atoms with Crippen LogP contribution in [0.4, 0.5) is 0 Å². The highest BCUT2D eigenvalue weighted by atomic mass is 16.2. The molecule has 0 saturated carbocycles. The molecule has 1 aliphatic heterocycles. The normalized spacial score (nSPS) is 14.2. The van der Waals surface area contributed by atoms with Gasteiger partial charge in [-0.25, -0.2) is 4.98 Å². The molecule has 8 nitrogen and oxygen atoms in total. The summed E-state index contributed by atoms with van der Waals surface area (Å²) < 4.78 is 2.04. The maximum Gasteiger partial charge on any atom is 0.263 e. The van der Waals surface area contributed by atoms with Crippen LogP contribution in [0.1, 0.15) is 72.1 Å². The van der Waals surface area contributed by atoms with Gasteiger partial charge in [0.15, 0.2) is 0 Å². The van der Waals surface area contributed by atoms with E-state index >= 15 is 0 Å². The molecule has 0 radical (unpaired) electrons. The average Bonchev–Trinajstić information content (AvgIpc) is 3.26. The second-order valence-corrected chi connectivity index (χ2v) is 8.80. The minimum atomic E-state index is -0.289. The lowest BCUT2D eigenvalue weighted by atomic mass is 10.0. The molecule has 1 atom stereocenters. The molecule has 3 aromatic rings. The number of imide groups is 1. The molecule has 33 heavy (non-hydrogen) atoms. The van der Waals surface area contributed by atoms with E-state index in [2.05, 4.69) is 24.1 Å². The van der Waals surface area contributed by atoms with Crippen LogP contribution in [0.2, 0.25) is 0 Å². The fraction of sp³-hybridized carbons (Fsp3) is 0.400. The predicted molar refractivity (Wildman–Crippen MR) is 125 cm³/mol. The molecule has 4 rings (SSSR count). The zero-order chi connectivity index (χ0) is 23.5. The molecule has 172 valence electrons. The van der Waals surface area contributed by atoms with Gasteiger partial charge in [-0.2, -0.15) is 0 Å². The molecule has 0 bridgehead atoms. The molecule has 8 heteroatoms. The SMILES string of the molecule is CC(C)[C@H](NC(=O)CCCCCN1C(=O)c2ccncc2C1=O)c1nc2ccccc2n1C. The number of pyridine rings is 1. The van der Waals surface area contributed by atoms with Crippen molar-refractivity contribution in [3.05, 3.63) is 59.7 Å². The quantitative estimate of drug-likeness (QED) is 0.399. The lowest BCUT2D eigenvalue weighted by Crippen LogP contribution is -2.33. The van der Waals surface area contributed by atoms with E-state index in [1.165, 1.54) is 17.3 Å². The summed E-state index contributed by atoms with van der Waals surface area (Å²) in [5.41, 5.74) is 2.73. The Morgan fingerprint density at radius 1 is 1.03 bits per heavy atom. The maximum absolute atomic E-state index is 12.7.